The Hall–Kier alpha value is -1.07. The number of ether oxygens (including phenoxy) is 2. The molecule has 58 heavy (non-hydrogen) atoms. The molecule has 0 aromatic carbocycles. The molecule has 0 aliphatic carbocycles. The highest BCUT2D eigenvalue weighted by Gasteiger charge is 2.44. The predicted molar refractivity (Wildman–Crippen MR) is 240 cm³/mol. The number of aliphatic hydroxyl groups excluding tert-OH is 5. The van der Waals surface area contributed by atoms with E-state index in [0.717, 1.165) is 38.5 Å². The molecule has 1 fully saturated rings. The molecule has 0 bridgehead atoms. The van der Waals surface area contributed by atoms with Crippen LogP contribution in [0.5, 0.6) is 0 Å². The van der Waals surface area contributed by atoms with Crippen LogP contribution in [0.25, 0.3) is 0 Å². The summed E-state index contributed by atoms with van der Waals surface area (Å²) in [6.45, 7) is 3.80. The predicted octanol–water partition coefficient (Wildman–Crippen LogP) is 10.9. The summed E-state index contributed by atoms with van der Waals surface area (Å²) in [5, 5.41) is 54.3. The van der Waals surface area contributed by atoms with Gasteiger partial charge in [-0.05, 0) is 19.3 Å². The van der Waals surface area contributed by atoms with E-state index in [1.165, 1.54) is 180 Å². The number of rotatable bonds is 42. The molecule has 1 rings (SSSR count). The monoisotopic (exact) mass is 826 g/mol. The zero-order valence-electron chi connectivity index (χ0n) is 37.8. The van der Waals surface area contributed by atoms with Crippen LogP contribution < -0.4 is 5.32 Å². The van der Waals surface area contributed by atoms with Crippen molar-refractivity contribution in [3.05, 3.63) is 12.2 Å². The zero-order chi connectivity index (χ0) is 42.3. The third-order valence-corrected chi connectivity index (χ3v) is 12.1. The van der Waals surface area contributed by atoms with Crippen molar-refractivity contribution >= 4 is 5.91 Å². The molecule has 6 N–H and O–H groups in total. The minimum Gasteiger partial charge on any atom is -0.394 e. The molecule has 1 heterocycles. The van der Waals surface area contributed by atoms with Gasteiger partial charge in [-0.2, -0.15) is 0 Å². The van der Waals surface area contributed by atoms with Gasteiger partial charge in [-0.3, -0.25) is 4.79 Å². The van der Waals surface area contributed by atoms with E-state index in [9.17, 15) is 30.3 Å². The lowest BCUT2D eigenvalue weighted by molar-refractivity contribution is -0.302. The van der Waals surface area contributed by atoms with Crippen molar-refractivity contribution in [2.24, 2.45) is 0 Å². The largest absolute Gasteiger partial charge is 0.394 e. The van der Waals surface area contributed by atoms with Crippen LogP contribution in [0.4, 0.5) is 0 Å². The molecular formula is C49H95NO8. The summed E-state index contributed by atoms with van der Waals surface area (Å²) < 4.78 is 11.2. The number of amides is 1. The van der Waals surface area contributed by atoms with Crippen LogP contribution in [0, 0.1) is 0 Å². The standard InChI is InChI=1S/C49H95NO8/c1-3-5-7-9-11-13-15-17-19-21-22-23-24-26-28-30-32-34-36-38-43(52)42(41-57-49-48(56)47(55)46(54)44(40-51)58-49)50-45(53)39-37-35-33-31-29-27-25-20-18-16-14-12-10-8-6-4-2/h36,38,42-44,46-49,51-52,54-56H,3-35,37,39-41H2,1-2H3,(H,50,53)/b38-36+. The number of unbranched alkanes of at least 4 members (excludes halogenated alkanes) is 32. The SMILES string of the molecule is CCCCCCCCCCCCCCCCCCC/C=C/C(O)C(COC1OC(CO)C(O)C(O)C1O)NC(=O)CCCCCCCCCCCCCCCCCC. The van der Waals surface area contributed by atoms with E-state index < -0.39 is 49.5 Å². The summed E-state index contributed by atoms with van der Waals surface area (Å²) in [4.78, 5) is 13.0. The summed E-state index contributed by atoms with van der Waals surface area (Å²) in [5.41, 5.74) is 0. The number of nitrogens with one attached hydrogen (secondary N) is 1. The maximum atomic E-state index is 13.0. The van der Waals surface area contributed by atoms with Crippen LogP contribution in [-0.2, 0) is 14.3 Å². The second kappa shape index (κ2) is 40.0. The molecule has 7 atom stereocenters. The van der Waals surface area contributed by atoms with Gasteiger partial charge in [0.1, 0.15) is 24.4 Å². The molecule has 0 aromatic heterocycles. The Morgan fingerprint density at radius 2 is 0.948 bits per heavy atom. The molecule has 9 nitrogen and oxygen atoms in total. The first-order valence-electron chi connectivity index (χ1n) is 24.9. The lowest BCUT2D eigenvalue weighted by atomic mass is 9.99. The highest BCUT2D eigenvalue weighted by Crippen LogP contribution is 2.23. The summed E-state index contributed by atoms with van der Waals surface area (Å²) in [6, 6.07) is -0.798. The second-order valence-corrected chi connectivity index (χ2v) is 17.6. The molecular weight excluding hydrogens is 731 g/mol. The lowest BCUT2D eigenvalue weighted by Crippen LogP contribution is -2.60. The van der Waals surface area contributed by atoms with Crippen molar-refractivity contribution in [1.82, 2.24) is 5.32 Å². The first kappa shape index (κ1) is 54.9. The summed E-state index contributed by atoms with van der Waals surface area (Å²) in [5.74, 6) is -0.173. The third kappa shape index (κ3) is 30.0. The molecule has 344 valence electrons. The first-order chi connectivity index (χ1) is 28.3. The van der Waals surface area contributed by atoms with Gasteiger partial charge in [0.2, 0.25) is 5.91 Å². The molecule has 1 aliphatic heterocycles. The van der Waals surface area contributed by atoms with Crippen molar-refractivity contribution in [3.8, 4) is 0 Å². The number of hydrogen-bond donors (Lipinski definition) is 6. The Balaban J connectivity index is 2.31. The molecule has 1 saturated heterocycles. The van der Waals surface area contributed by atoms with E-state index in [4.69, 9.17) is 9.47 Å². The van der Waals surface area contributed by atoms with Crippen LogP contribution in [0.3, 0.4) is 0 Å². The van der Waals surface area contributed by atoms with Gasteiger partial charge in [-0.1, -0.05) is 225 Å². The fourth-order valence-corrected chi connectivity index (χ4v) is 8.10. The summed E-state index contributed by atoms with van der Waals surface area (Å²) in [6.07, 6.45) is 39.7. The van der Waals surface area contributed by atoms with Crippen molar-refractivity contribution < 1.29 is 39.8 Å². The van der Waals surface area contributed by atoms with Crippen molar-refractivity contribution in [2.45, 2.75) is 281 Å². The third-order valence-electron chi connectivity index (χ3n) is 12.1. The van der Waals surface area contributed by atoms with E-state index >= 15 is 0 Å². The molecule has 7 unspecified atom stereocenters. The fraction of sp³-hybridized carbons (Fsp3) is 0.939. The normalized spacial score (nSPS) is 20.8. The summed E-state index contributed by atoms with van der Waals surface area (Å²) >= 11 is 0. The minimum absolute atomic E-state index is 0.173. The Bertz CT molecular complexity index is 919. The average molecular weight is 826 g/mol. The molecule has 1 amide bonds. The fourth-order valence-electron chi connectivity index (χ4n) is 8.10. The van der Waals surface area contributed by atoms with Crippen molar-refractivity contribution in [3.63, 3.8) is 0 Å². The number of aliphatic hydroxyl groups is 5. The minimum atomic E-state index is -1.56. The van der Waals surface area contributed by atoms with Crippen LogP contribution in [0.1, 0.15) is 239 Å². The number of carbonyl (C=O) groups is 1. The van der Waals surface area contributed by atoms with E-state index in [-0.39, 0.29) is 12.5 Å². The van der Waals surface area contributed by atoms with E-state index in [0.29, 0.717) is 6.42 Å². The Labute approximate surface area is 356 Å². The number of hydrogen-bond acceptors (Lipinski definition) is 8. The van der Waals surface area contributed by atoms with Gasteiger partial charge in [0.15, 0.2) is 6.29 Å². The highest BCUT2D eigenvalue weighted by molar-refractivity contribution is 5.76. The van der Waals surface area contributed by atoms with Gasteiger partial charge >= 0.3 is 0 Å². The van der Waals surface area contributed by atoms with Crippen LogP contribution in [-0.4, -0.2) is 87.5 Å². The molecule has 9 heteroatoms. The van der Waals surface area contributed by atoms with Gasteiger partial charge in [-0.25, -0.2) is 0 Å². The van der Waals surface area contributed by atoms with Crippen molar-refractivity contribution in [1.29, 1.82) is 0 Å². The van der Waals surface area contributed by atoms with Crippen LogP contribution >= 0.6 is 0 Å². The summed E-state index contributed by atoms with van der Waals surface area (Å²) in [7, 11) is 0. The molecule has 0 spiro atoms. The number of allylic oxidation sites excluding steroid dienone is 1. The zero-order valence-corrected chi connectivity index (χ0v) is 37.8. The lowest BCUT2D eigenvalue weighted by Gasteiger charge is -2.40. The van der Waals surface area contributed by atoms with E-state index in [1.807, 2.05) is 6.08 Å². The molecule has 0 radical (unpaired) electrons. The van der Waals surface area contributed by atoms with Gasteiger partial charge in [-0.15, -0.1) is 0 Å². The number of carbonyl (C=O) groups excluding carboxylic acids is 1. The van der Waals surface area contributed by atoms with E-state index in [1.54, 1.807) is 6.08 Å². The van der Waals surface area contributed by atoms with Gasteiger partial charge in [0.25, 0.3) is 0 Å². The maximum absolute atomic E-state index is 13.0. The Kier molecular flexibility index (Phi) is 37.9. The molecule has 0 aromatic rings. The molecule has 0 saturated carbocycles. The first-order valence-corrected chi connectivity index (χ1v) is 24.9. The highest BCUT2D eigenvalue weighted by atomic mass is 16.7. The maximum Gasteiger partial charge on any atom is 0.220 e. The van der Waals surface area contributed by atoms with Crippen LogP contribution in [0.15, 0.2) is 12.2 Å². The smallest absolute Gasteiger partial charge is 0.220 e. The second-order valence-electron chi connectivity index (χ2n) is 17.6. The van der Waals surface area contributed by atoms with Gasteiger partial charge in [0, 0.05) is 6.42 Å². The Morgan fingerprint density at radius 3 is 1.34 bits per heavy atom. The average Bonchev–Trinajstić information content (AvgIpc) is 3.22. The Morgan fingerprint density at radius 1 is 0.569 bits per heavy atom. The van der Waals surface area contributed by atoms with Crippen LogP contribution in [0.2, 0.25) is 0 Å². The van der Waals surface area contributed by atoms with Gasteiger partial charge in [0.05, 0.1) is 25.4 Å². The quantitative estimate of drug-likeness (QED) is 0.0263. The van der Waals surface area contributed by atoms with Crippen molar-refractivity contribution in [2.75, 3.05) is 13.2 Å². The van der Waals surface area contributed by atoms with Gasteiger partial charge < -0.3 is 40.3 Å². The molecule has 1 aliphatic rings. The van der Waals surface area contributed by atoms with E-state index in [2.05, 4.69) is 19.2 Å². The topological polar surface area (TPSA) is 149 Å².